The molecular formula is C15H25NO2. The lowest BCUT2D eigenvalue weighted by molar-refractivity contribution is -0.124. The molecule has 0 amide bonds. The molecule has 0 aliphatic heterocycles. The van der Waals surface area contributed by atoms with Gasteiger partial charge in [-0.15, -0.1) is 0 Å². The lowest BCUT2D eigenvalue weighted by Gasteiger charge is -2.52. The predicted octanol–water partition coefficient (Wildman–Crippen LogP) is 3.21. The summed E-state index contributed by atoms with van der Waals surface area (Å²) in [6.07, 6.45) is 5.02. The van der Waals surface area contributed by atoms with Crippen LogP contribution in [0.1, 0.15) is 39.7 Å². The Kier molecular flexibility index (Phi) is 4.13. The van der Waals surface area contributed by atoms with Crippen molar-refractivity contribution in [3.63, 3.8) is 0 Å². The molecule has 3 nitrogen and oxygen atoms in total. The van der Waals surface area contributed by atoms with Gasteiger partial charge in [0.15, 0.2) is 0 Å². The van der Waals surface area contributed by atoms with Crippen molar-refractivity contribution in [2.24, 2.45) is 11.3 Å². The Bertz CT molecular complexity index is 357. The second-order valence-corrected chi connectivity index (χ2v) is 6.34. The van der Waals surface area contributed by atoms with Gasteiger partial charge in [-0.2, -0.15) is 0 Å². The van der Waals surface area contributed by atoms with Crippen LogP contribution in [-0.2, 0) is 11.3 Å². The van der Waals surface area contributed by atoms with Crippen molar-refractivity contribution < 1.29 is 9.15 Å². The first-order valence-electron chi connectivity index (χ1n) is 6.86. The van der Waals surface area contributed by atoms with Crippen molar-refractivity contribution in [3.05, 3.63) is 24.2 Å². The maximum Gasteiger partial charge on any atom is 0.0947 e. The Balaban J connectivity index is 1.76. The summed E-state index contributed by atoms with van der Waals surface area (Å²) in [7, 11) is 0. The van der Waals surface area contributed by atoms with Crippen molar-refractivity contribution in [2.45, 2.75) is 52.8 Å². The van der Waals surface area contributed by atoms with Crippen LogP contribution >= 0.6 is 0 Å². The molecule has 1 saturated carbocycles. The van der Waals surface area contributed by atoms with Gasteiger partial charge < -0.3 is 14.5 Å². The van der Waals surface area contributed by atoms with Gasteiger partial charge in [0.05, 0.1) is 18.6 Å². The molecule has 1 aliphatic rings. The van der Waals surface area contributed by atoms with Crippen molar-refractivity contribution in [3.8, 4) is 0 Å². The highest BCUT2D eigenvalue weighted by molar-refractivity contribution is 5.08. The average Bonchev–Trinajstić information content (AvgIpc) is 2.79. The molecule has 18 heavy (non-hydrogen) atoms. The number of ether oxygens (including phenoxy) is 1. The van der Waals surface area contributed by atoms with E-state index in [1.807, 2.05) is 6.07 Å². The Morgan fingerprint density at radius 3 is 2.83 bits per heavy atom. The first-order chi connectivity index (χ1) is 8.50. The summed E-state index contributed by atoms with van der Waals surface area (Å²) in [6.45, 7) is 10.7. The van der Waals surface area contributed by atoms with E-state index in [0.717, 1.165) is 19.6 Å². The summed E-state index contributed by atoms with van der Waals surface area (Å²) >= 11 is 0. The van der Waals surface area contributed by atoms with Crippen LogP contribution < -0.4 is 5.32 Å². The van der Waals surface area contributed by atoms with Crippen LogP contribution in [0.4, 0.5) is 0 Å². The summed E-state index contributed by atoms with van der Waals surface area (Å²) in [5.74, 6) is 0.610. The molecule has 1 N–H and O–H groups in total. The summed E-state index contributed by atoms with van der Waals surface area (Å²) in [4.78, 5) is 0. The molecule has 1 aliphatic carbocycles. The third-order valence-electron chi connectivity index (χ3n) is 3.94. The number of nitrogens with one attached hydrogen (secondary N) is 1. The Morgan fingerprint density at radius 1 is 1.50 bits per heavy atom. The van der Waals surface area contributed by atoms with Crippen LogP contribution in [0.2, 0.25) is 0 Å². The molecule has 3 heteroatoms. The first-order valence-corrected chi connectivity index (χ1v) is 6.86. The Hall–Kier alpha value is -0.800. The largest absolute Gasteiger partial charge is 0.472 e. The smallest absolute Gasteiger partial charge is 0.0947 e. The zero-order valence-corrected chi connectivity index (χ0v) is 11.9. The summed E-state index contributed by atoms with van der Waals surface area (Å²) in [6, 6.07) is 2.54. The van der Waals surface area contributed by atoms with E-state index < -0.39 is 0 Å². The molecular weight excluding hydrogens is 226 g/mol. The van der Waals surface area contributed by atoms with Crippen LogP contribution in [0.15, 0.2) is 23.0 Å². The molecule has 1 heterocycles. The van der Waals surface area contributed by atoms with Gasteiger partial charge in [0, 0.05) is 30.2 Å². The standard InChI is InChI=1S/C15H25NO2/c1-11(2)9-18-14-7-13(15(14,3)4)16-8-12-5-6-17-10-12/h5-6,10-11,13-14,16H,7-9H2,1-4H3. The normalized spacial score (nSPS) is 26.3. The van der Waals surface area contributed by atoms with E-state index in [9.17, 15) is 0 Å². The average molecular weight is 251 g/mol. The highest BCUT2D eigenvalue weighted by Gasteiger charge is 2.48. The zero-order valence-electron chi connectivity index (χ0n) is 11.9. The van der Waals surface area contributed by atoms with Gasteiger partial charge in [0.1, 0.15) is 0 Å². The quantitative estimate of drug-likeness (QED) is 0.843. The molecule has 1 aromatic rings. The summed E-state index contributed by atoms with van der Waals surface area (Å²) in [5.41, 5.74) is 1.43. The fraction of sp³-hybridized carbons (Fsp3) is 0.733. The second kappa shape index (κ2) is 5.45. The topological polar surface area (TPSA) is 34.4 Å². The molecule has 0 spiro atoms. The molecule has 0 radical (unpaired) electrons. The second-order valence-electron chi connectivity index (χ2n) is 6.34. The maximum absolute atomic E-state index is 5.96. The van der Waals surface area contributed by atoms with Crippen molar-refractivity contribution in [1.82, 2.24) is 5.32 Å². The van der Waals surface area contributed by atoms with E-state index in [1.54, 1.807) is 12.5 Å². The van der Waals surface area contributed by atoms with Gasteiger partial charge in [-0.3, -0.25) is 0 Å². The monoisotopic (exact) mass is 251 g/mol. The molecule has 2 atom stereocenters. The summed E-state index contributed by atoms with van der Waals surface area (Å²) < 4.78 is 11.0. The van der Waals surface area contributed by atoms with Crippen LogP contribution in [0.3, 0.4) is 0 Å². The number of rotatable bonds is 6. The highest BCUT2D eigenvalue weighted by Crippen LogP contribution is 2.43. The molecule has 1 fully saturated rings. The maximum atomic E-state index is 5.96. The minimum atomic E-state index is 0.221. The Morgan fingerprint density at radius 2 is 2.28 bits per heavy atom. The third-order valence-corrected chi connectivity index (χ3v) is 3.94. The Labute approximate surface area is 110 Å². The molecule has 0 aromatic carbocycles. The van der Waals surface area contributed by atoms with Gasteiger partial charge in [-0.05, 0) is 18.4 Å². The van der Waals surface area contributed by atoms with E-state index in [1.165, 1.54) is 5.56 Å². The molecule has 0 bridgehead atoms. The van der Waals surface area contributed by atoms with Crippen molar-refractivity contribution in [2.75, 3.05) is 6.61 Å². The lowest BCUT2D eigenvalue weighted by Crippen LogP contribution is -2.60. The highest BCUT2D eigenvalue weighted by atomic mass is 16.5. The molecule has 2 unspecified atom stereocenters. The van der Waals surface area contributed by atoms with E-state index >= 15 is 0 Å². The van der Waals surface area contributed by atoms with Crippen LogP contribution in [0.5, 0.6) is 0 Å². The van der Waals surface area contributed by atoms with Gasteiger partial charge in [0.25, 0.3) is 0 Å². The molecule has 102 valence electrons. The fourth-order valence-corrected chi connectivity index (χ4v) is 2.46. The summed E-state index contributed by atoms with van der Waals surface area (Å²) in [5, 5.41) is 3.59. The van der Waals surface area contributed by atoms with E-state index in [0.29, 0.717) is 18.1 Å². The minimum Gasteiger partial charge on any atom is -0.472 e. The fourth-order valence-electron chi connectivity index (χ4n) is 2.46. The lowest BCUT2D eigenvalue weighted by atomic mass is 9.64. The van der Waals surface area contributed by atoms with E-state index in [2.05, 4.69) is 33.0 Å². The van der Waals surface area contributed by atoms with Gasteiger partial charge >= 0.3 is 0 Å². The van der Waals surface area contributed by atoms with Gasteiger partial charge in [-0.25, -0.2) is 0 Å². The molecule has 0 saturated heterocycles. The minimum absolute atomic E-state index is 0.221. The number of furan rings is 1. The van der Waals surface area contributed by atoms with Crippen molar-refractivity contribution >= 4 is 0 Å². The van der Waals surface area contributed by atoms with E-state index in [4.69, 9.17) is 9.15 Å². The van der Waals surface area contributed by atoms with Gasteiger partial charge in [-0.1, -0.05) is 27.7 Å². The van der Waals surface area contributed by atoms with Crippen LogP contribution in [-0.4, -0.2) is 18.8 Å². The zero-order chi connectivity index (χ0) is 13.2. The SMILES string of the molecule is CC(C)COC1CC(NCc2ccoc2)C1(C)C. The van der Waals surface area contributed by atoms with E-state index in [-0.39, 0.29) is 5.41 Å². The van der Waals surface area contributed by atoms with Crippen LogP contribution in [0, 0.1) is 11.3 Å². The third kappa shape index (κ3) is 2.96. The first kappa shape index (κ1) is 13.6. The van der Waals surface area contributed by atoms with Crippen molar-refractivity contribution in [1.29, 1.82) is 0 Å². The van der Waals surface area contributed by atoms with Crippen LogP contribution in [0.25, 0.3) is 0 Å². The predicted molar refractivity (Wildman–Crippen MR) is 72.3 cm³/mol. The molecule has 2 rings (SSSR count). The van der Waals surface area contributed by atoms with Gasteiger partial charge in [0.2, 0.25) is 0 Å². The number of hydrogen-bond acceptors (Lipinski definition) is 3. The molecule has 1 aromatic heterocycles. The number of hydrogen-bond donors (Lipinski definition) is 1.